The van der Waals surface area contributed by atoms with Crippen molar-refractivity contribution in [2.24, 2.45) is 0 Å². The monoisotopic (exact) mass is 278 g/mol. The molecule has 0 saturated heterocycles. The summed E-state index contributed by atoms with van der Waals surface area (Å²) in [6.07, 6.45) is 3.56. The lowest BCUT2D eigenvalue weighted by Gasteiger charge is -2.05. The Labute approximate surface area is 118 Å². The molecule has 0 unspecified atom stereocenters. The molecule has 3 heterocycles. The number of aromatic amines is 1. The molecule has 0 aliphatic heterocycles. The zero-order valence-electron chi connectivity index (χ0n) is 10.8. The van der Waals surface area contributed by atoms with Gasteiger partial charge in [0, 0.05) is 23.8 Å². The average molecular weight is 278 g/mol. The minimum absolute atomic E-state index is 0.0396. The number of nitrogens with one attached hydrogen (secondary N) is 1. The summed E-state index contributed by atoms with van der Waals surface area (Å²) in [5, 5.41) is 16.5. The fourth-order valence-corrected chi connectivity index (χ4v) is 2.44. The number of nitrogen functional groups attached to an aromatic ring is 1. The Morgan fingerprint density at radius 3 is 3.00 bits per heavy atom. The first-order valence-corrected chi connectivity index (χ1v) is 6.32. The highest BCUT2D eigenvalue weighted by molar-refractivity contribution is 5.94. The van der Waals surface area contributed by atoms with Crippen molar-refractivity contribution in [3.8, 4) is 11.1 Å². The molecule has 0 spiro atoms. The number of benzene rings is 1. The van der Waals surface area contributed by atoms with E-state index in [0.717, 1.165) is 22.2 Å². The summed E-state index contributed by atoms with van der Waals surface area (Å²) in [6.45, 7) is 0. The maximum absolute atomic E-state index is 11.9. The van der Waals surface area contributed by atoms with Crippen molar-refractivity contribution < 1.29 is 4.85 Å². The molecule has 21 heavy (non-hydrogen) atoms. The van der Waals surface area contributed by atoms with Crippen molar-refractivity contribution in [3.63, 3.8) is 0 Å². The van der Waals surface area contributed by atoms with E-state index in [1.54, 1.807) is 18.3 Å². The average Bonchev–Trinajstić information content (AvgIpc) is 2.95. The first-order chi connectivity index (χ1) is 10.2. The highest BCUT2D eigenvalue weighted by atomic mass is 16.5. The summed E-state index contributed by atoms with van der Waals surface area (Å²) < 4.78 is 0. The maximum atomic E-state index is 11.9. The molecule has 3 aromatic heterocycles. The second kappa shape index (κ2) is 4.14. The van der Waals surface area contributed by atoms with Crippen LogP contribution in [0.5, 0.6) is 0 Å². The van der Waals surface area contributed by atoms with E-state index in [1.165, 1.54) is 0 Å². The molecular weight excluding hydrogens is 268 g/mol. The lowest BCUT2D eigenvalue weighted by Crippen LogP contribution is -2.33. The summed E-state index contributed by atoms with van der Waals surface area (Å²) in [5.41, 5.74) is 9.05. The molecule has 7 heteroatoms. The molecule has 7 nitrogen and oxygen atoms in total. The molecule has 0 amide bonds. The van der Waals surface area contributed by atoms with Crippen LogP contribution >= 0.6 is 0 Å². The third-order valence-corrected chi connectivity index (χ3v) is 3.38. The molecule has 3 N–H and O–H groups in total. The quantitative estimate of drug-likeness (QED) is 0.404. The van der Waals surface area contributed by atoms with E-state index in [0.29, 0.717) is 15.9 Å². The van der Waals surface area contributed by atoms with Gasteiger partial charge < -0.3 is 15.9 Å². The zero-order valence-corrected chi connectivity index (χ0v) is 10.8. The van der Waals surface area contributed by atoms with Gasteiger partial charge in [0.25, 0.3) is 11.5 Å². The summed E-state index contributed by atoms with van der Waals surface area (Å²) in [5.74, 6) is -0.0396. The smallest absolute Gasteiger partial charge is 0.288 e. The third-order valence-electron chi connectivity index (χ3n) is 3.38. The number of rotatable bonds is 1. The van der Waals surface area contributed by atoms with Crippen molar-refractivity contribution in [2.75, 3.05) is 5.73 Å². The van der Waals surface area contributed by atoms with Crippen molar-refractivity contribution in [3.05, 3.63) is 47.9 Å². The lowest BCUT2D eigenvalue weighted by molar-refractivity contribution is -0.641. The minimum Gasteiger partial charge on any atom is -0.594 e. The van der Waals surface area contributed by atoms with Crippen LogP contribution in [0.2, 0.25) is 0 Å². The van der Waals surface area contributed by atoms with Gasteiger partial charge >= 0.3 is 0 Å². The van der Waals surface area contributed by atoms with Crippen LogP contribution in [0.3, 0.4) is 0 Å². The summed E-state index contributed by atoms with van der Waals surface area (Å²) >= 11 is 0. The fourth-order valence-electron chi connectivity index (χ4n) is 2.44. The Kier molecular flexibility index (Phi) is 2.28. The van der Waals surface area contributed by atoms with Crippen LogP contribution in [0.25, 0.3) is 33.2 Å². The largest absolute Gasteiger partial charge is 0.594 e. The SMILES string of the molecule is Nc1nc2ccc(-c3ccnc4[nH]ccc34)cc2[n+]([O-])n1. The Hall–Kier alpha value is -3.22. The minimum atomic E-state index is -0.0396. The van der Waals surface area contributed by atoms with Gasteiger partial charge in [-0.25, -0.2) is 9.97 Å². The number of anilines is 1. The lowest BCUT2D eigenvalue weighted by atomic mass is 10.0. The molecule has 0 saturated carbocycles. The van der Waals surface area contributed by atoms with E-state index < -0.39 is 0 Å². The first kappa shape index (κ1) is 11.6. The van der Waals surface area contributed by atoms with Crippen LogP contribution in [0.15, 0.2) is 42.7 Å². The van der Waals surface area contributed by atoms with Crippen molar-refractivity contribution in [2.45, 2.75) is 0 Å². The molecule has 0 aliphatic rings. The van der Waals surface area contributed by atoms with Crippen molar-refractivity contribution >= 4 is 28.0 Å². The van der Waals surface area contributed by atoms with Crippen LogP contribution in [-0.4, -0.2) is 20.1 Å². The number of fused-ring (bicyclic) bond motifs is 2. The number of H-pyrrole nitrogens is 1. The van der Waals surface area contributed by atoms with E-state index >= 15 is 0 Å². The number of nitrogens with zero attached hydrogens (tertiary/aromatic N) is 4. The molecule has 0 bridgehead atoms. The van der Waals surface area contributed by atoms with Gasteiger partial charge in [-0.3, -0.25) is 0 Å². The van der Waals surface area contributed by atoms with Crippen LogP contribution in [0.1, 0.15) is 0 Å². The van der Waals surface area contributed by atoms with E-state index in [1.807, 2.05) is 24.4 Å². The standard InChI is InChI=1S/C14H10N6O/c15-14-18-11-2-1-8(7-12(11)20(21)19-14)9-3-5-16-13-10(9)4-6-17-13/h1-7H,(H,16,17)(H2,15,18,19). The molecule has 102 valence electrons. The topological polar surface area (TPSA) is 107 Å². The molecule has 4 rings (SSSR count). The second-order valence-electron chi connectivity index (χ2n) is 4.64. The molecule has 0 radical (unpaired) electrons. The van der Waals surface area contributed by atoms with Crippen LogP contribution in [0.4, 0.5) is 5.95 Å². The van der Waals surface area contributed by atoms with Gasteiger partial charge in [0.05, 0.1) is 5.10 Å². The van der Waals surface area contributed by atoms with E-state index in [2.05, 4.69) is 20.1 Å². The second-order valence-corrected chi connectivity index (χ2v) is 4.64. The third kappa shape index (κ3) is 1.75. The number of nitrogens with two attached hydrogens (primary N) is 1. The summed E-state index contributed by atoms with van der Waals surface area (Å²) in [7, 11) is 0. The van der Waals surface area contributed by atoms with Gasteiger partial charge in [-0.15, -0.1) is 0 Å². The first-order valence-electron chi connectivity index (χ1n) is 6.32. The predicted octanol–water partition coefficient (Wildman–Crippen LogP) is 1.39. The van der Waals surface area contributed by atoms with Gasteiger partial charge in [-0.2, -0.15) is 0 Å². The number of pyridine rings is 1. The van der Waals surface area contributed by atoms with E-state index in [9.17, 15) is 5.21 Å². The number of hydrogen-bond donors (Lipinski definition) is 2. The Morgan fingerprint density at radius 1 is 1.19 bits per heavy atom. The van der Waals surface area contributed by atoms with Crippen LogP contribution in [0, 0.1) is 5.21 Å². The summed E-state index contributed by atoms with van der Waals surface area (Å²) in [6, 6.07) is 9.27. The van der Waals surface area contributed by atoms with Crippen LogP contribution < -0.4 is 10.6 Å². The number of hydrogen-bond acceptors (Lipinski definition) is 5. The molecule has 1 aromatic carbocycles. The maximum Gasteiger partial charge on any atom is 0.288 e. The highest BCUT2D eigenvalue weighted by Gasteiger charge is 2.12. The Morgan fingerprint density at radius 2 is 2.10 bits per heavy atom. The van der Waals surface area contributed by atoms with Gasteiger partial charge in [0.2, 0.25) is 0 Å². The van der Waals surface area contributed by atoms with Gasteiger partial charge in [-0.1, -0.05) is 6.07 Å². The normalized spacial score (nSPS) is 11.2. The van der Waals surface area contributed by atoms with Crippen molar-refractivity contribution in [1.29, 1.82) is 0 Å². The van der Waals surface area contributed by atoms with Crippen LogP contribution in [-0.2, 0) is 0 Å². The highest BCUT2D eigenvalue weighted by Crippen LogP contribution is 2.28. The van der Waals surface area contributed by atoms with E-state index in [4.69, 9.17) is 5.73 Å². The predicted molar refractivity (Wildman–Crippen MR) is 78.0 cm³/mol. The van der Waals surface area contributed by atoms with Gasteiger partial charge in [-0.05, 0) is 34.2 Å². The van der Waals surface area contributed by atoms with Gasteiger partial charge in [0.15, 0.2) is 0 Å². The molecule has 0 fully saturated rings. The van der Waals surface area contributed by atoms with Gasteiger partial charge in [0.1, 0.15) is 11.2 Å². The number of aromatic nitrogens is 5. The Balaban J connectivity index is 2.01. The fraction of sp³-hybridized carbons (Fsp3) is 0. The molecule has 0 aliphatic carbocycles. The molecule has 0 atom stereocenters. The zero-order chi connectivity index (χ0) is 14.4. The molecule has 4 aromatic rings. The summed E-state index contributed by atoms with van der Waals surface area (Å²) in [4.78, 5) is 11.9. The van der Waals surface area contributed by atoms with E-state index in [-0.39, 0.29) is 5.95 Å². The molecular formula is C14H10N6O. The van der Waals surface area contributed by atoms with Crippen molar-refractivity contribution in [1.82, 2.24) is 20.1 Å². The Bertz CT molecular complexity index is 978.